The third kappa shape index (κ3) is 3.94. The Morgan fingerprint density at radius 1 is 1.05 bits per heavy atom. The van der Waals surface area contributed by atoms with E-state index in [9.17, 15) is 13.2 Å². The fraction of sp³-hybridized carbons (Fsp3) is 0.250. The minimum atomic E-state index is -1.10. The van der Waals surface area contributed by atoms with Crippen LogP contribution in [0.25, 0.3) is 0 Å². The number of nitrogens with one attached hydrogen (secondary N) is 2. The first-order valence-corrected chi connectivity index (χ1v) is 6.44. The van der Waals surface area contributed by atoms with E-state index < -0.39 is 23.1 Å². The van der Waals surface area contributed by atoms with Gasteiger partial charge < -0.3 is 10.6 Å². The van der Waals surface area contributed by atoms with Crippen LogP contribution in [-0.4, -0.2) is 21.5 Å². The van der Waals surface area contributed by atoms with Crippen LogP contribution in [-0.2, 0) is 0 Å². The van der Waals surface area contributed by atoms with Gasteiger partial charge in [0.1, 0.15) is 11.5 Å². The van der Waals surface area contributed by atoms with Crippen molar-refractivity contribution < 1.29 is 13.2 Å². The SMILES string of the molecule is CCCNc1nc(Cl)nc(Nc2c(F)cc(F)cc2F)n1. The highest BCUT2D eigenvalue weighted by molar-refractivity contribution is 6.28. The fourth-order valence-corrected chi connectivity index (χ4v) is 1.66. The van der Waals surface area contributed by atoms with E-state index in [2.05, 4.69) is 25.6 Å². The van der Waals surface area contributed by atoms with E-state index in [0.717, 1.165) is 6.42 Å². The predicted octanol–water partition coefficient (Wildman–Crippen LogP) is 3.51. The zero-order chi connectivity index (χ0) is 15.4. The molecule has 0 atom stereocenters. The Labute approximate surface area is 123 Å². The number of halogens is 4. The predicted molar refractivity (Wildman–Crippen MR) is 73.2 cm³/mol. The summed E-state index contributed by atoms with van der Waals surface area (Å²) in [7, 11) is 0. The van der Waals surface area contributed by atoms with Gasteiger partial charge in [-0.2, -0.15) is 15.0 Å². The van der Waals surface area contributed by atoms with Crippen LogP contribution in [0.5, 0.6) is 0 Å². The lowest BCUT2D eigenvalue weighted by molar-refractivity contribution is 0.548. The first-order chi connectivity index (χ1) is 9.99. The quantitative estimate of drug-likeness (QED) is 0.883. The second-order valence-corrected chi connectivity index (χ2v) is 4.39. The molecule has 0 amide bonds. The Kier molecular flexibility index (Phi) is 4.79. The smallest absolute Gasteiger partial charge is 0.233 e. The first kappa shape index (κ1) is 15.3. The van der Waals surface area contributed by atoms with Crippen molar-refractivity contribution >= 4 is 29.2 Å². The van der Waals surface area contributed by atoms with Crippen LogP contribution in [0.4, 0.5) is 30.8 Å². The Hall–Kier alpha value is -2.09. The molecule has 0 saturated heterocycles. The number of aromatic nitrogens is 3. The van der Waals surface area contributed by atoms with Gasteiger partial charge in [-0.1, -0.05) is 6.92 Å². The van der Waals surface area contributed by atoms with Gasteiger partial charge in [-0.05, 0) is 18.0 Å². The molecule has 2 N–H and O–H groups in total. The van der Waals surface area contributed by atoms with E-state index in [-0.39, 0.29) is 17.2 Å². The van der Waals surface area contributed by atoms with Crippen LogP contribution in [0.3, 0.4) is 0 Å². The van der Waals surface area contributed by atoms with Gasteiger partial charge in [0.05, 0.1) is 0 Å². The third-order valence-corrected chi connectivity index (χ3v) is 2.55. The maximum atomic E-state index is 13.5. The molecule has 0 aliphatic rings. The van der Waals surface area contributed by atoms with E-state index in [4.69, 9.17) is 11.6 Å². The summed E-state index contributed by atoms with van der Waals surface area (Å²) in [6.45, 7) is 2.54. The molecule has 0 aliphatic heterocycles. The lowest BCUT2D eigenvalue weighted by Gasteiger charge is -2.09. The molecule has 0 unspecified atom stereocenters. The van der Waals surface area contributed by atoms with Gasteiger partial charge >= 0.3 is 0 Å². The Bertz CT molecular complexity index is 630. The number of hydrogen-bond donors (Lipinski definition) is 2. The molecule has 0 saturated carbocycles. The lowest BCUT2D eigenvalue weighted by atomic mass is 10.3. The van der Waals surface area contributed by atoms with Crippen LogP contribution >= 0.6 is 11.6 Å². The van der Waals surface area contributed by atoms with Crippen LogP contribution < -0.4 is 10.6 Å². The molecule has 2 aromatic rings. The number of rotatable bonds is 5. The summed E-state index contributed by atoms with van der Waals surface area (Å²) in [5.41, 5.74) is -0.569. The topological polar surface area (TPSA) is 62.7 Å². The molecule has 0 radical (unpaired) electrons. The molecule has 0 aliphatic carbocycles. The summed E-state index contributed by atoms with van der Waals surface area (Å²) in [4.78, 5) is 11.4. The Morgan fingerprint density at radius 2 is 1.67 bits per heavy atom. The largest absolute Gasteiger partial charge is 0.354 e. The zero-order valence-electron chi connectivity index (χ0n) is 10.9. The average molecular weight is 318 g/mol. The van der Waals surface area contributed by atoms with Crippen molar-refractivity contribution in [3.05, 3.63) is 34.9 Å². The van der Waals surface area contributed by atoms with Gasteiger partial charge in [0, 0.05) is 18.7 Å². The Balaban J connectivity index is 2.29. The van der Waals surface area contributed by atoms with E-state index in [0.29, 0.717) is 18.7 Å². The molecule has 0 spiro atoms. The summed E-state index contributed by atoms with van der Waals surface area (Å²) in [6, 6.07) is 1.09. The van der Waals surface area contributed by atoms with Gasteiger partial charge in [0.25, 0.3) is 0 Å². The number of hydrogen-bond acceptors (Lipinski definition) is 5. The summed E-state index contributed by atoms with van der Waals surface area (Å²) in [5.74, 6) is -3.21. The Morgan fingerprint density at radius 3 is 2.29 bits per heavy atom. The molecule has 1 aromatic carbocycles. The van der Waals surface area contributed by atoms with Gasteiger partial charge in [0.15, 0.2) is 11.6 Å². The van der Waals surface area contributed by atoms with Crippen LogP contribution in [0.1, 0.15) is 13.3 Å². The molecular weight excluding hydrogens is 307 g/mol. The number of benzene rings is 1. The molecule has 112 valence electrons. The van der Waals surface area contributed by atoms with Crippen molar-refractivity contribution in [3.8, 4) is 0 Å². The molecule has 5 nitrogen and oxygen atoms in total. The summed E-state index contributed by atoms with van der Waals surface area (Å²) in [5, 5.41) is 5.04. The summed E-state index contributed by atoms with van der Waals surface area (Å²) in [6.07, 6.45) is 0.827. The van der Waals surface area contributed by atoms with Crippen molar-refractivity contribution in [1.29, 1.82) is 0 Å². The highest BCUT2D eigenvalue weighted by Gasteiger charge is 2.14. The second-order valence-electron chi connectivity index (χ2n) is 4.05. The third-order valence-electron chi connectivity index (χ3n) is 2.38. The van der Waals surface area contributed by atoms with E-state index >= 15 is 0 Å². The molecule has 1 aromatic heterocycles. The molecule has 0 bridgehead atoms. The minimum absolute atomic E-state index is 0.144. The lowest BCUT2D eigenvalue weighted by Crippen LogP contribution is -2.09. The zero-order valence-corrected chi connectivity index (χ0v) is 11.7. The summed E-state index contributed by atoms with van der Waals surface area (Å²) >= 11 is 5.71. The van der Waals surface area contributed by atoms with Crippen molar-refractivity contribution in [2.45, 2.75) is 13.3 Å². The minimum Gasteiger partial charge on any atom is -0.354 e. The molecule has 2 rings (SSSR count). The van der Waals surface area contributed by atoms with E-state index in [1.807, 2.05) is 6.92 Å². The second kappa shape index (κ2) is 6.57. The van der Waals surface area contributed by atoms with Gasteiger partial charge in [-0.3, -0.25) is 0 Å². The first-order valence-electron chi connectivity index (χ1n) is 6.06. The normalized spacial score (nSPS) is 10.5. The fourth-order valence-electron chi connectivity index (χ4n) is 1.50. The molecular formula is C12H11ClF3N5. The van der Waals surface area contributed by atoms with Crippen molar-refractivity contribution in [1.82, 2.24) is 15.0 Å². The average Bonchev–Trinajstić information content (AvgIpc) is 2.40. The number of nitrogens with zero attached hydrogens (tertiary/aromatic N) is 3. The van der Waals surface area contributed by atoms with Gasteiger partial charge in [-0.25, -0.2) is 13.2 Å². The van der Waals surface area contributed by atoms with Crippen molar-refractivity contribution in [2.75, 3.05) is 17.2 Å². The molecule has 1 heterocycles. The van der Waals surface area contributed by atoms with E-state index in [1.165, 1.54) is 0 Å². The standard InChI is InChI=1S/C12H11ClF3N5/c1-2-3-17-11-19-10(13)20-12(21-11)18-9-7(15)4-6(14)5-8(9)16/h4-5H,2-3H2,1H3,(H2,17,18,19,20,21). The highest BCUT2D eigenvalue weighted by atomic mass is 35.5. The maximum absolute atomic E-state index is 13.5. The number of anilines is 3. The van der Waals surface area contributed by atoms with E-state index in [1.54, 1.807) is 0 Å². The monoisotopic (exact) mass is 317 g/mol. The van der Waals surface area contributed by atoms with Crippen molar-refractivity contribution in [2.24, 2.45) is 0 Å². The van der Waals surface area contributed by atoms with Gasteiger partial charge in [-0.15, -0.1) is 0 Å². The van der Waals surface area contributed by atoms with Crippen molar-refractivity contribution in [3.63, 3.8) is 0 Å². The highest BCUT2D eigenvalue weighted by Crippen LogP contribution is 2.23. The van der Waals surface area contributed by atoms with Crippen LogP contribution in [0, 0.1) is 17.5 Å². The molecule has 21 heavy (non-hydrogen) atoms. The molecule has 0 fully saturated rings. The van der Waals surface area contributed by atoms with Gasteiger partial charge in [0.2, 0.25) is 17.2 Å². The summed E-state index contributed by atoms with van der Waals surface area (Å²) < 4.78 is 39.9. The van der Waals surface area contributed by atoms with Crippen LogP contribution in [0.2, 0.25) is 5.28 Å². The van der Waals surface area contributed by atoms with Crippen LogP contribution in [0.15, 0.2) is 12.1 Å². The maximum Gasteiger partial charge on any atom is 0.233 e. The molecule has 9 heteroatoms.